The zero-order valence-corrected chi connectivity index (χ0v) is 14.1. The van der Waals surface area contributed by atoms with Gasteiger partial charge in [0.15, 0.2) is 0 Å². The molecule has 0 bridgehead atoms. The summed E-state index contributed by atoms with van der Waals surface area (Å²) in [6.07, 6.45) is 9.23. The van der Waals surface area contributed by atoms with E-state index in [0.29, 0.717) is 5.92 Å². The highest BCUT2D eigenvalue weighted by atomic mass is 16.5. The van der Waals surface area contributed by atoms with Gasteiger partial charge in [-0.1, -0.05) is 0 Å². The van der Waals surface area contributed by atoms with Crippen LogP contribution in [0.2, 0.25) is 0 Å². The van der Waals surface area contributed by atoms with E-state index >= 15 is 0 Å². The largest absolute Gasteiger partial charge is 0.373 e. The molecule has 0 radical (unpaired) electrons. The summed E-state index contributed by atoms with van der Waals surface area (Å²) in [5.74, 6) is 0.482. The van der Waals surface area contributed by atoms with Crippen molar-refractivity contribution in [3.05, 3.63) is 53.7 Å². The number of ether oxygens (including phenoxy) is 1. The molecule has 1 aliphatic heterocycles. The van der Waals surface area contributed by atoms with Crippen molar-refractivity contribution >= 4 is 5.65 Å². The van der Waals surface area contributed by atoms with Crippen LogP contribution in [0.15, 0.2) is 36.9 Å². The van der Waals surface area contributed by atoms with Gasteiger partial charge in [0.05, 0.1) is 24.2 Å². The van der Waals surface area contributed by atoms with Crippen LogP contribution in [-0.4, -0.2) is 32.3 Å². The fourth-order valence-corrected chi connectivity index (χ4v) is 3.45. The normalized spacial score (nSPS) is 20.9. The maximum Gasteiger partial charge on any atom is 0.137 e. The average molecular weight is 325 g/mol. The van der Waals surface area contributed by atoms with Crippen molar-refractivity contribution in [2.45, 2.75) is 26.0 Å². The summed E-state index contributed by atoms with van der Waals surface area (Å²) in [4.78, 5) is 4.48. The van der Waals surface area contributed by atoms with Gasteiger partial charge in [-0.05, 0) is 31.0 Å². The molecule has 1 aliphatic rings. The lowest BCUT2D eigenvalue weighted by Gasteiger charge is -2.17. The highest BCUT2D eigenvalue weighted by Gasteiger charge is 2.30. The predicted molar refractivity (Wildman–Crippen MR) is 91.6 cm³/mol. The highest BCUT2D eigenvalue weighted by molar-refractivity contribution is 5.42. The Balaban J connectivity index is 1.39. The van der Waals surface area contributed by atoms with Crippen molar-refractivity contribution in [2.24, 2.45) is 13.0 Å². The molecule has 1 saturated heterocycles. The third-order valence-corrected chi connectivity index (χ3v) is 4.73. The lowest BCUT2D eigenvalue weighted by Crippen LogP contribution is -2.25. The van der Waals surface area contributed by atoms with Crippen molar-refractivity contribution in [3.63, 3.8) is 0 Å². The Morgan fingerprint density at radius 1 is 1.38 bits per heavy atom. The Bertz CT molecular complexity index is 837. The molecule has 4 rings (SSSR count). The van der Waals surface area contributed by atoms with Crippen LogP contribution >= 0.6 is 0 Å². The van der Waals surface area contributed by atoms with Crippen LogP contribution in [0, 0.1) is 12.8 Å². The van der Waals surface area contributed by atoms with Gasteiger partial charge in [0.2, 0.25) is 0 Å². The van der Waals surface area contributed by atoms with Crippen molar-refractivity contribution in [3.8, 4) is 0 Å². The number of nitrogens with zero attached hydrogens (tertiary/aromatic N) is 4. The fourth-order valence-electron chi connectivity index (χ4n) is 3.45. The molecule has 2 atom stereocenters. The van der Waals surface area contributed by atoms with Crippen molar-refractivity contribution in [1.29, 1.82) is 0 Å². The molecule has 1 fully saturated rings. The van der Waals surface area contributed by atoms with Crippen LogP contribution in [-0.2, 0) is 18.3 Å². The highest BCUT2D eigenvalue weighted by Crippen LogP contribution is 2.33. The number of nitrogens with one attached hydrogen (secondary N) is 1. The van der Waals surface area contributed by atoms with Gasteiger partial charge in [-0.15, -0.1) is 0 Å². The lowest BCUT2D eigenvalue weighted by atomic mass is 9.97. The summed E-state index contributed by atoms with van der Waals surface area (Å²) >= 11 is 0. The number of fused-ring (bicyclic) bond motifs is 1. The standard InChI is InChI=1S/C18H23N5O/c1-13-3-5-23-16(11-20-17(23)7-13)10-19-8-14-4-6-24-18(14)15-9-21-22(2)12-15/h3,5,7,9,11-12,14,18-19H,4,6,8,10H2,1-2H3/t14-,18-/m0/s1. The van der Waals surface area contributed by atoms with E-state index in [0.717, 1.165) is 31.8 Å². The number of imidazole rings is 1. The number of hydrogen-bond acceptors (Lipinski definition) is 4. The lowest BCUT2D eigenvalue weighted by molar-refractivity contribution is 0.0903. The Hall–Kier alpha value is -2.18. The molecular weight excluding hydrogens is 302 g/mol. The van der Waals surface area contributed by atoms with Crippen LogP contribution in [0.1, 0.15) is 29.3 Å². The summed E-state index contributed by atoms with van der Waals surface area (Å²) in [5, 5.41) is 7.84. The second kappa shape index (κ2) is 6.37. The third-order valence-electron chi connectivity index (χ3n) is 4.73. The van der Waals surface area contributed by atoms with Crippen molar-refractivity contribution < 1.29 is 4.74 Å². The predicted octanol–water partition coefficient (Wildman–Crippen LogP) is 2.24. The van der Waals surface area contributed by atoms with Crippen molar-refractivity contribution in [2.75, 3.05) is 13.2 Å². The van der Waals surface area contributed by atoms with E-state index in [1.807, 2.05) is 24.1 Å². The minimum Gasteiger partial charge on any atom is -0.373 e. The summed E-state index contributed by atoms with van der Waals surface area (Å²) in [6.45, 7) is 4.64. The molecule has 0 saturated carbocycles. The van der Waals surface area contributed by atoms with E-state index in [4.69, 9.17) is 4.74 Å². The fraction of sp³-hybridized carbons (Fsp3) is 0.444. The van der Waals surface area contributed by atoms with Gasteiger partial charge in [-0.3, -0.25) is 4.68 Å². The minimum absolute atomic E-state index is 0.149. The summed E-state index contributed by atoms with van der Waals surface area (Å²) in [6, 6.07) is 4.22. The summed E-state index contributed by atoms with van der Waals surface area (Å²) in [7, 11) is 1.94. The quantitative estimate of drug-likeness (QED) is 0.782. The topological polar surface area (TPSA) is 56.4 Å². The SMILES string of the molecule is Cc1ccn2c(CNC[C@@H]3CCO[C@@H]3c3cnn(C)c3)cnc2c1. The Morgan fingerprint density at radius 2 is 2.29 bits per heavy atom. The molecule has 1 N–H and O–H groups in total. The summed E-state index contributed by atoms with van der Waals surface area (Å²) in [5.41, 5.74) is 4.59. The van der Waals surface area contributed by atoms with Gasteiger partial charge in [0, 0.05) is 50.6 Å². The Morgan fingerprint density at radius 3 is 3.12 bits per heavy atom. The molecule has 0 spiro atoms. The van der Waals surface area contributed by atoms with E-state index < -0.39 is 0 Å². The van der Waals surface area contributed by atoms with E-state index in [-0.39, 0.29) is 6.10 Å². The van der Waals surface area contributed by atoms with E-state index in [2.05, 4.69) is 51.3 Å². The summed E-state index contributed by atoms with van der Waals surface area (Å²) < 4.78 is 9.90. The average Bonchev–Trinajstić information content (AvgIpc) is 3.27. The number of hydrogen-bond donors (Lipinski definition) is 1. The second-order valence-corrected chi connectivity index (χ2v) is 6.60. The molecular formula is C18H23N5O. The maximum atomic E-state index is 5.93. The zero-order chi connectivity index (χ0) is 16.5. The van der Waals surface area contributed by atoms with Gasteiger partial charge >= 0.3 is 0 Å². The monoisotopic (exact) mass is 325 g/mol. The van der Waals surface area contributed by atoms with Crippen LogP contribution < -0.4 is 5.32 Å². The molecule has 0 unspecified atom stereocenters. The van der Waals surface area contributed by atoms with Gasteiger partial charge < -0.3 is 14.5 Å². The molecule has 6 heteroatoms. The maximum absolute atomic E-state index is 5.93. The van der Waals surface area contributed by atoms with E-state index in [1.54, 1.807) is 0 Å². The Kier molecular flexibility index (Phi) is 4.08. The van der Waals surface area contributed by atoms with Gasteiger partial charge in [0.1, 0.15) is 5.65 Å². The van der Waals surface area contributed by atoms with Gasteiger partial charge in [0.25, 0.3) is 0 Å². The van der Waals surface area contributed by atoms with Crippen LogP contribution in [0.25, 0.3) is 5.65 Å². The number of rotatable bonds is 5. The zero-order valence-electron chi connectivity index (χ0n) is 14.1. The van der Waals surface area contributed by atoms with Gasteiger partial charge in [-0.25, -0.2) is 4.98 Å². The van der Waals surface area contributed by atoms with Crippen LogP contribution in [0.3, 0.4) is 0 Å². The molecule has 6 nitrogen and oxygen atoms in total. The van der Waals surface area contributed by atoms with E-state index in [9.17, 15) is 0 Å². The second-order valence-electron chi connectivity index (χ2n) is 6.60. The first-order chi connectivity index (χ1) is 11.7. The van der Waals surface area contributed by atoms with Gasteiger partial charge in [-0.2, -0.15) is 5.10 Å². The minimum atomic E-state index is 0.149. The first kappa shape index (κ1) is 15.4. The van der Waals surface area contributed by atoms with E-state index in [1.165, 1.54) is 16.8 Å². The Labute approximate surface area is 141 Å². The molecule has 0 aliphatic carbocycles. The van der Waals surface area contributed by atoms with Crippen LogP contribution in [0.5, 0.6) is 0 Å². The number of pyridine rings is 1. The number of aromatic nitrogens is 4. The molecule has 126 valence electrons. The smallest absolute Gasteiger partial charge is 0.137 e. The molecule has 24 heavy (non-hydrogen) atoms. The molecule has 0 aromatic carbocycles. The third kappa shape index (κ3) is 2.95. The molecule has 3 aromatic rings. The van der Waals surface area contributed by atoms with Crippen molar-refractivity contribution in [1.82, 2.24) is 24.5 Å². The first-order valence-electron chi connectivity index (χ1n) is 8.44. The molecule has 4 heterocycles. The molecule has 3 aromatic heterocycles. The molecule has 0 amide bonds. The van der Waals surface area contributed by atoms with Crippen LogP contribution in [0.4, 0.5) is 0 Å². The first-order valence-corrected chi connectivity index (χ1v) is 8.44. The number of aryl methyl sites for hydroxylation is 2.